The van der Waals surface area contributed by atoms with E-state index in [1.165, 1.54) is 29.0 Å². The van der Waals surface area contributed by atoms with Gasteiger partial charge in [-0.1, -0.05) is 6.92 Å². The minimum atomic E-state index is 0.0874. The molecule has 1 atom stereocenters. The number of thiophene rings is 1. The number of anilines is 1. The molecule has 3 heterocycles. The van der Waals surface area contributed by atoms with Crippen molar-refractivity contribution in [3.8, 4) is 0 Å². The van der Waals surface area contributed by atoms with Gasteiger partial charge in [0.2, 0.25) is 0 Å². The first kappa shape index (κ1) is 14.0. The van der Waals surface area contributed by atoms with E-state index >= 15 is 0 Å². The Labute approximate surface area is 134 Å². The maximum Gasteiger partial charge on any atom is 0.266 e. The van der Waals surface area contributed by atoms with Crippen molar-refractivity contribution in [2.75, 3.05) is 18.8 Å². The van der Waals surface area contributed by atoms with E-state index < -0.39 is 0 Å². The quantitative estimate of drug-likeness (QED) is 0.879. The van der Waals surface area contributed by atoms with Crippen molar-refractivity contribution in [1.82, 2.24) is 9.88 Å². The minimum Gasteiger partial charge on any atom is -0.397 e. The molecule has 0 saturated carbocycles. The number of aromatic nitrogens is 1. The summed E-state index contributed by atoms with van der Waals surface area (Å²) in [5.74, 6) is 0.793. The molecule has 1 aliphatic heterocycles. The molecule has 4 rings (SSSR count). The van der Waals surface area contributed by atoms with Gasteiger partial charge >= 0.3 is 0 Å². The molecule has 1 aliphatic carbocycles. The average molecular weight is 315 g/mol. The number of hydrogen-bond donors (Lipinski definition) is 1. The highest BCUT2D eigenvalue weighted by Crippen LogP contribution is 2.37. The molecular weight excluding hydrogens is 294 g/mol. The number of nitrogens with two attached hydrogens (primary N) is 1. The Kier molecular flexibility index (Phi) is 3.33. The van der Waals surface area contributed by atoms with Gasteiger partial charge in [0.05, 0.1) is 5.69 Å². The molecule has 5 heteroatoms. The summed E-state index contributed by atoms with van der Waals surface area (Å²) in [5.41, 5.74) is 9.44. The zero-order valence-electron chi connectivity index (χ0n) is 12.9. The molecule has 2 aromatic rings. The first-order chi connectivity index (χ1) is 10.6. The van der Waals surface area contributed by atoms with Gasteiger partial charge in [0, 0.05) is 24.2 Å². The van der Waals surface area contributed by atoms with E-state index in [1.807, 2.05) is 4.90 Å². The number of aryl methyl sites for hydroxylation is 1. The van der Waals surface area contributed by atoms with Gasteiger partial charge in [-0.15, -0.1) is 11.3 Å². The lowest BCUT2D eigenvalue weighted by atomic mass is 9.87. The van der Waals surface area contributed by atoms with Crippen molar-refractivity contribution in [2.24, 2.45) is 5.92 Å². The van der Waals surface area contributed by atoms with Crippen LogP contribution in [0.4, 0.5) is 5.69 Å². The van der Waals surface area contributed by atoms with Crippen LogP contribution in [0, 0.1) is 5.92 Å². The van der Waals surface area contributed by atoms with Crippen LogP contribution in [0.5, 0.6) is 0 Å². The summed E-state index contributed by atoms with van der Waals surface area (Å²) in [4.78, 5) is 21.0. The van der Waals surface area contributed by atoms with Gasteiger partial charge in [0.25, 0.3) is 5.91 Å². The minimum absolute atomic E-state index is 0.0874. The molecule has 1 amide bonds. The second-order valence-corrected chi connectivity index (χ2v) is 7.64. The van der Waals surface area contributed by atoms with Crippen LogP contribution >= 0.6 is 11.3 Å². The van der Waals surface area contributed by atoms with Crippen LogP contribution in [-0.4, -0.2) is 28.9 Å². The Hall–Kier alpha value is -1.62. The summed E-state index contributed by atoms with van der Waals surface area (Å²) in [6.07, 6.45) is 5.51. The van der Waals surface area contributed by atoms with E-state index in [-0.39, 0.29) is 5.91 Å². The molecule has 0 radical (unpaired) electrons. The van der Waals surface area contributed by atoms with Crippen molar-refractivity contribution in [1.29, 1.82) is 0 Å². The molecule has 0 aromatic carbocycles. The fraction of sp³-hybridized carbons (Fsp3) is 0.529. The topological polar surface area (TPSA) is 59.2 Å². The maximum atomic E-state index is 12.6. The van der Waals surface area contributed by atoms with E-state index in [4.69, 9.17) is 10.7 Å². The number of hydrogen-bond acceptors (Lipinski definition) is 4. The molecule has 2 N–H and O–H groups in total. The predicted octanol–water partition coefficient (Wildman–Crippen LogP) is 3.24. The third kappa shape index (κ3) is 2.19. The van der Waals surface area contributed by atoms with Gasteiger partial charge < -0.3 is 10.6 Å². The van der Waals surface area contributed by atoms with Gasteiger partial charge in [-0.3, -0.25) is 4.79 Å². The summed E-state index contributed by atoms with van der Waals surface area (Å²) in [5, 5.41) is 0.973. The lowest BCUT2D eigenvalue weighted by Crippen LogP contribution is -2.27. The van der Waals surface area contributed by atoms with E-state index in [2.05, 4.69) is 13.0 Å². The monoisotopic (exact) mass is 315 g/mol. The van der Waals surface area contributed by atoms with Gasteiger partial charge in [0.1, 0.15) is 9.71 Å². The molecule has 2 aromatic heterocycles. The van der Waals surface area contributed by atoms with Crippen molar-refractivity contribution < 1.29 is 4.79 Å². The number of rotatable bonds is 1. The zero-order chi connectivity index (χ0) is 15.3. The standard InChI is InChI=1S/C17H21N3OS/c1-10-4-5-13-11(8-10)9-12-14(18)15(22-16(12)19-13)17(21)20-6-2-3-7-20/h9-10H,2-8,18H2,1H3. The van der Waals surface area contributed by atoms with Crippen LogP contribution in [-0.2, 0) is 12.8 Å². The van der Waals surface area contributed by atoms with E-state index in [9.17, 15) is 4.79 Å². The predicted molar refractivity (Wildman–Crippen MR) is 90.4 cm³/mol. The summed E-state index contributed by atoms with van der Waals surface area (Å²) < 4.78 is 0. The van der Waals surface area contributed by atoms with Gasteiger partial charge in [-0.25, -0.2) is 4.98 Å². The normalized spacial score (nSPS) is 21.3. The van der Waals surface area contributed by atoms with Crippen LogP contribution in [0.15, 0.2) is 6.07 Å². The highest BCUT2D eigenvalue weighted by Gasteiger charge is 2.26. The Bertz CT molecular complexity index is 746. The second-order valence-electron chi connectivity index (χ2n) is 6.64. The van der Waals surface area contributed by atoms with Crippen molar-refractivity contribution >= 4 is 33.1 Å². The highest BCUT2D eigenvalue weighted by molar-refractivity contribution is 7.21. The van der Waals surface area contributed by atoms with Crippen LogP contribution in [0.2, 0.25) is 0 Å². The van der Waals surface area contributed by atoms with Crippen LogP contribution < -0.4 is 5.73 Å². The lowest BCUT2D eigenvalue weighted by Gasteiger charge is -2.20. The summed E-state index contributed by atoms with van der Waals surface area (Å²) >= 11 is 1.47. The van der Waals surface area contributed by atoms with Crippen LogP contribution in [0.25, 0.3) is 10.2 Å². The Morgan fingerprint density at radius 3 is 2.95 bits per heavy atom. The van der Waals surface area contributed by atoms with Crippen molar-refractivity contribution in [3.63, 3.8) is 0 Å². The number of carbonyl (C=O) groups excluding carboxylic acids is 1. The number of amides is 1. The summed E-state index contributed by atoms with van der Waals surface area (Å²) in [6.45, 7) is 3.99. The number of nitrogens with zero attached hydrogens (tertiary/aromatic N) is 2. The molecule has 4 nitrogen and oxygen atoms in total. The molecule has 0 bridgehead atoms. The third-order valence-corrected chi connectivity index (χ3v) is 6.02. The SMILES string of the molecule is CC1CCc2nc3sc(C(=O)N4CCCC4)c(N)c3cc2C1. The first-order valence-electron chi connectivity index (χ1n) is 8.13. The van der Waals surface area contributed by atoms with Crippen LogP contribution in [0.1, 0.15) is 47.1 Å². The maximum absolute atomic E-state index is 12.6. The van der Waals surface area contributed by atoms with Gasteiger partial charge in [-0.2, -0.15) is 0 Å². The zero-order valence-corrected chi connectivity index (χ0v) is 13.7. The number of nitrogen functional groups attached to an aromatic ring is 1. The fourth-order valence-corrected chi connectivity index (χ4v) is 4.66. The molecular formula is C17H21N3OS. The molecule has 22 heavy (non-hydrogen) atoms. The highest BCUT2D eigenvalue weighted by atomic mass is 32.1. The Morgan fingerprint density at radius 2 is 2.18 bits per heavy atom. The number of carbonyl (C=O) groups is 1. The van der Waals surface area contributed by atoms with Gasteiger partial charge in [-0.05, 0) is 49.7 Å². The number of likely N-dealkylation sites (tertiary alicyclic amines) is 1. The largest absolute Gasteiger partial charge is 0.397 e. The fourth-order valence-electron chi connectivity index (χ4n) is 3.60. The number of fused-ring (bicyclic) bond motifs is 2. The lowest BCUT2D eigenvalue weighted by molar-refractivity contribution is 0.0798. The molecule has 1 fully saturated rings. The molecule has 116 valence electrons. The second kappa shape index (κ2) is 5.23. The molecule has 0 spiro atoms. The third-order valence-electron chi connectivity index (χ3n) is 4.92. The molecule has 1 unspecified atom stereocenters. The van der Waals surface area contributed by atoms with E-state index in [1.54, 1.807) is 0 Å². The summed E-state index contributed by atoms with van der Waals surface area (Å²) in [7, 11) is 0. The van der Waals surface area contributed by atoms with Crippen molar-refractivity contribution in [2.45, 2.75) is 39.0 Å². The number of pyridine rings is 1. The summed E-state index contributed by atoms with van der Waals surface area (Å²) in [6, 6.07) is 2.18. The van der Waals surface area contributed by atoms with Gasteiger partial charge in [0.15, 0.2) is 0 Å². The van der Waals surface area contributed by atoms with Crippen molar-refractivity contribution in [3.05, 3.63) is 22.2 Å². The average Bonchev–Trinajstić information content (AvgIpc) is 3.14. The smallest absolute Gasteiger partial charge is 0.266 e. The first-order valence-corrected chi connectivity index (χ1v) is 8.95. The Balaban J connectivity index is 1.78. The van der Waals surface area contributed by atoms with E-state index in [0.29, 0.717) is 16.5 Å². The Morgan fingerprint density at radius 1 is 1.41 bits per heavy atom. The van der Waals surface area contributed by atoms with Crippen LogP contribution in [0.3, 0.4) is 0 Å². The van der Waals surface area contributed by atoms with E-state index in [0.717, 1.165) is 49.0 Å². The molecule has 1 saturated heterocycles. The molecule has 2 aliphatic rings.